The second-order valence-electron chi connectivity index (χ2n) is 3.66. The molecule has 7 heteroatoms. The Morgan fingerprint density at radius 2 is 2.29 bits per heavy atom. The number of carbonyl (C=O) groups is 1. The van der Waals surface area contributed by atoms with E-state index in [0.717, 1.165) is 5.84 Å². The number of hydrogen-bond acceptors (Lipinski definition) is 4. The monoisotopic (exact) mass is 254 g/mol. The summed E-state index contributed by atoms with van der Waals surface area (Å²) in [5.41, 5.74) is 0. The summed E-state index contributed by atoms with van der Waals surface area (Å²) < 4.78 is 0.276. The number of aliphatic carboxylic acids is 1. The Bertz CT molecular complexity index is 302. The molecule has 0 aliphatic carbocycles. The van der Waals surface area contributed by atoms with Crippen LogP contribution in [0.4, 0.5) is 0 Å². The minimum Gasteiger partial charge on any atom is -1.00 e. The Hall–Kier alpha value is -0.240. The van der Waals surface area contributed by atoms with Crippen LogP contribution < -0.4 is 29.6 Å². The number of aliphatic hydroxyl groups excluding tert-OH is 1. The van der Waals surface area contributed by atoms with Crippen molar-refractivity contribution in [3.05, 3.63) is 12.7 Å². The predicted octanol–water partition coefficient (Wildman–Crippen LogP) is -3.19. The van der Waals surface area contributed by atoms with Gasteiger partial charge in [-0.05, 0) is 0 Å². The number of nitrogens with zero attached hydrogens (tertiary/aromatic N) is 2. The van der Waals surface area contributed by atoms with Crippen LogP contribution in [0.2, 0.25) is 0 Å². The second kappa shape index (κ2) is 8.79. The zero-order chi connectivity index (χ0) is 11.3. The van der Waals surface area contributed by atoms with Crippen molar-refractivity contribution in [3.63, 3.8) is 0 Å². The van der Waals surface area contributed by atoms with Gasteiger partial charge in [-0.15, -0.1) is 6.58 Å². The van der Waals surface area contributed by atoms with Gasteiger partial charge in [0.05, 0.1) is 19.6 Å². The van der Waals surface area contributed by atoms with Crippen molar-refractivity contribution in [1.82, 2.24) is 0 Å². The van der Waals surface area contributed by atoms with Crippen molar-refractivity contribution in [2.75, 3.05) is 32.8 Å². The number of aliphatic hydroxyl groups is 1. The minimum atomic E-state index is -0.859. The molecule has 6 nitrogen and oxygen atoms in total. The molecule has 0 spiro atoms. The molecule has 0 saturated carbocycles. The topological polar surface area (TPSA) is 99.9 Å². The summed E-state index contributed by atoms with van der Waals surface area (Å²) in [6.07, 6.45) is 2.31. The third kappa shape index (κ3) is 4.87. The van der Waals surface area contributed by atoms with Crippen molar-refractivity contribution in [2.24, 2.45) is 4.99 Å². The van der Waals surface area contributed by atoms with Crippen molar-refractivity contribution in [2.45, 2.75) is 6.42 Å². The zero-order valence-corrected chi connectivity index (χ0v) is 12.2. The first-order chi connectivity index (χ1) is 7.14. The maximum absolute atomic E-state index is 10.8. The first kappa shape index (κ1) is 19.1. The Morgan fingerprint density at radius 3 is 2.76 bits per heavy atom. The van der Waals surface area contributed by atoms with Gasteiger partial charge in [-0.25, -0.2) is 9.79 Å². The van der Waals surface area contributed by atoms with E-state index in [2.05, 4.69) is 11.6 Å². The van der Waals surface area contributed by atoms with Crippen molar-refractivity contribution in [1.29, 1.82) is 0 Å². The molecule has 0 bridgehead atoms. The second-order valence-corrected chi connectivity index (χ2v) is 3.66. The van der Waals surface area contributed by atoms with Gasteiger partial charge in [-0.3, -0.25) is 4.48 Å². The molecule has 1 heterocycles. The van der Waals surface area contributed by atoms with E-state index in [-0.39, 0.29) is 54.1 Å². The third-order valence-corrected chi connectivity index (χ3v) is 2.66. The summed E-state index contributed by atoms with van der Waals surface area (Å²) in [6, 6.07) is 0. The molecular formula is C10H19N2NaO4. The van der Waals surface area contributed by atoms with Gasteiger partial charge in [0.1, 0.15) is 13.1 Å². The van der Waals surface area contributed by atoms with Crippen LogP contribution in [0.15, 0.2) is 17.6 Å². The van der Waals surface area contributed by atoms with Crippen molar-refractivity contribution >= 4 is 11.8 Å². The largest absolute Gasteiger partial charge is 1.00 e. The van der Waals surface area contributed by atoms with Crippen LogP contribution in [0.25, 0.3) is 0 Å². The molecule has 94 valence electrons. The molecule has 0 aromatic rings. The van der Waals surface area contributed by atoms with Gasteiger partial charge in [0.2, 0.25) is 5.84 Å². The van der Waals surface area contributed by atoms with Gasteiger partial charge < -0.3 is 17.1 Å². The number of carboxylic acid groups (broad SMARTS) is 1. The molecule has 0 amide bonds. The van der Waals surface area contributed by atoms with Crippen LogP contribution >= 0.6 is 0 Å². The molecule has 3 N–H and O–H groups in total. The maximum Gasteiger partial charge on any atom is 1.00 e. The number of aliphatic imine (C=N–C) groups is 1. The average molecular weight is 254 g/mol. The van der Waals surface area contributed by atoms with Crippen LogP contribution in [-0.2, 0) is 4.79 Å². The van der Waals surface area contributed by atoms with E-state index >= 15 is 0 Å². The fourth-order valence-electron chi connectivity index (χ4n) is 1.98. The number of rotatable bonds is 6. The van der Waals surface area contributed by atoms with Crippen LogP contribution in [-0.4, -0.2) is 64.8 Å². The quantitative estimate of drug-likeness (QED) is 0.296. The van der Waals surface area contributed by atoms with Crippen LogP contribution in [0.3, 0.4) is 0 Å². The fraction of sp³-hybridized carbons (Fsp3) is 0.600. The van der Waals surface area contributed by atoms with E-state index in [1.54, 1.807) is 6.08 Å². The van der Waals surface area contributed by atoms with Crippen LogP contribution in [0.1, 0.15) is 7.85 Å². The van der Waals surface area contributed by atoms with Gasteiger partial charge in [-0.2, -0.15) is 0 Å². The summed E-state index contributed by atoms with van der Waals surface area (Å²) in [5.74, 6) is -0.0384. The van der Waals surface area contributed by atoms with Crippen LogP contribution in [0, 0.1) is 0 Å². The normalized spacial score (nSPS) is 22.1. The molecule has 1 atom stereocenters. The molecule has 1 unspecified atom stereocenters. The van der Waals surface area contributed by atoms with Gasteiger partial charge >= 0.3 is 35.5 Å². The molecular weight excluding hydrogens is 235 g/mol. The van der Waals surface area contributed by atoms with E-state index in [1.165, 1.54) is 0 Å². The molecule has 17 heavy (non-hydrogen) atoms. The van der Waals surface area contributed by atoms with E-state index in [4.69, 9.17) is 10.2 Å². The Labute approximate surface area is 124 Å². The molecule has 1 rings (SSSR count). The standard InChI is InChI=1S/C10H16N2O3.Na.H2O.H/c1-2-3-9-11-4-5-12(9,6-7-13)8-10(14)15;;;/h2,13H,1,3-8H2;;1H2;/q;+1;;-1. The van der Waals surface area contributed by atoms with Crippen LogP contribution in [0.5, 0.6) is 0 Å². The molecule has 0 aromatic carbocycles. The Kier molecular flexibility index (Phi) is 9.88. The summed E-state index contributed by atoms with van der Waals surface area (Å²) in [6.45, 7) is 5.31. The summed E-state index contributed by atoms with van der Waals surface area (Å²) in [5, 5.41) is 17.9. The first-order valence-corrected chi connectivity index (χ1v) is 4.98. The minimum absolute atomic E-state index is 0. The smallest absolute Gasteiger partial charge is 1.00 e. The summed E-state index contributed by atoms with van der Waals surface area (Å²) in [7, 11) is 0. The van der Waals surface area contributed by atoms with Gasteiger partial charge in [0, 0.05) is 0 Å². The predicted molar refractivity (Wildman–Crippen MR) is 59.7 cm³/mol. The number of carboxylic acids is 1. The van der Waals surface area contributed by atoms with E-state index in [0.29, 0.717) is 26.1 Å². The molecule has 1 aliphatic heterocycles. The van der Waals surface area contributed by atoms with Gasteiger partial charge in [0.25, 0.3) is 0 Å². The Morgan fingerprint density at radius 1 is 1.65 bits per heavy atom. The van der Waals surface area contributed by atoms with E-state index in [9.17, 15) is 4.79 Å². The molecule has 0 saturated heterocycles. The van der Waals surface area contributed by atoms with Crippen molar-refractivity contribution in [3.8, 4) is 0 Å². The molecule has 1 aliphatic rings. The average Bonchev–Trinajstić information content (AvgIpc) is 2.49. The number of quaternary nitrogens is 1. The van der Waals surface area contributed by atoms with Gasteiger partial charge in [0.15, 0.2) is 6.54 Å². The molecule has 0 aromatic heterocycles. The maximum atomic E-state index is 10.8. The van der Waals surface area contributed by atoms with E-state index < -0.39 is 5.97 Å². The summed E-state index contributed by atoms with van der Waals surface area (Å²) >= 11 is 0. The Balaban J connectivity index is -0.000000750. The fourth-order valence-corrected chi connectivity index (χ4v) is 1.98. The SMILES string of the molecule is C=CCC1=NCC[N+]1(CCO)CC(=O)O.[H-].[Na+].[OH-]. The number of amidine groups is 1. The summed E-state index contributed by atoms with van der Waals surface area (Å²) in [4.78, 5) is 15.1. The molecule has 0 radical (unpaired) electrons. The van der Waals surface area contributed by atoms with Gasteiger partial charge in [-0.1, -0.05) is 6.08 Å². The first-order valence-electron chi connectivity index (χ1n) is 4.98. The molecule has 0 fully saturated rings. The van der Waals surface area contributed by atoms with Crippen molar-refractivity contribution < 1.29 is 56.0 Å². The zero-order valence-electron chi connectivity index (χ0n) is 11.2. The number of hydrogen-bond donors (Lipinski definition) is 2. The third-order valence-electron chi connectivity index (χ3n) is 2.66. The van der Waals surface area contributed by atoms with E-state index in [1.807, 2.05) is 0 Å².